The molecule has 18 N–H and O–H groups in total. The zero-order valence-corrected chi connectivity index (χ0v) is 78.1. The average Bonchev–Trinajstić information content (AvgIpc) is 0.726. The molecular weight excluding hydrogens is 1780 g/mol. The summed E-state index contributed by atoms with van der Waals surface area (Å²) in [5.74, 6) is 2.84. The molecule has 0 bridgehead atoms. The number of aryl methyl sites for hydroxylation is 1. The molecule has 5 aliphatic rings. The van der Waals surface area contributed by atoms with Crippen molar-refractivity contribution in [1.29, 1.82) is 0 Å². The van der Waals surface area contributed by atoms with Crippen molar-refractivity contribution in [3.05, 3.63) is 409 Å². The Balaban J connectivity index is 0.000000126. The average molecular weight is 1890 g/mol. The van der Waals surface area contributed by atoms with Gasteiger partial charge >= 0.3 is 0 Å². The molecule has 26 nitrogen and oxygen atoms in total. The molecule has 10 unspecified atom stereocenters. The summed E-state index contributed by atoms with van der Waals surface area (Å²) in [6, 6.07) is 83.7. The Bertz CT molecular complexity index is 6850. The Morgan fingerprint density at radius 3 is 0.871 bits per heavy atom. The number of aromatic hydroxyl groups is 11. The van der Waals surface area contributed by atoms with Crippen molar-refractivity contribution >= 4 is 5.69 Å². The number of phenolic OH excluding ortho intramolecular Hbond substituents is 11. The molecule has 20 rings (SSSR count). The van der Waals surface area contributed by atoms with Gasteiger partial charge in [-0.25, -0.2) is 0 Å². The van der Waals surface area contributed by atoms with Crippen LogP contribution in [-0.4, -0.2) is 143 Å². The van der Waals surface area contributed by atoms with E-state index in [1.54, 1.807) is 219 Å². The van der Waals surface area contributed by atoms with E-state index in [9.17, 15) is 81.7 Å². The molecule has 0 amide bonds. The first-order valence-electron chi connectivity index (χ1n) is 45.1. The summed E-state index contributed by atoms with van der Waals surface area (Å²) in [4.78, 5) is 0. The maximum absolute atomic E-state index is 12.2. The quantitative estimate of drug-likeness (QED) is 0.0355. The summed E-state index contributed by atoms with van der Waals surface area (Å²) in [6.07, 6.45) is 0. The number of rotatable bonds is 14. The summed E-state index contributed by atoms with van der Waals surface area (Å²) in [5, 5.41) is 169. The first kappa shape index (κ1) is 97.0. The van der Waals surface area contributed by atoms with Crippen LogP contribution in [0.3, 0.4) is 0 Å². The van der Waals surface area contributed by atoms with Gasteiger partial charge < -0.3 is 130 Å². The molecule has 0 fully saturated rings. The van der Waals surface area contributed by atoms with Crippen LogP contribution in [0.25, 0.3) is 0 Å². The van der Waals surface area contributed by atoms with E-state index in [-0.39, 0.29) is 96.3 Å². The molecule has 5 aliphatic heterocycles. The maximum atomic E-state index is 12.2. The fraction of sp³-hybridized carbons (Fsp3) is 0.211. The molecule has 140 heavy (non-hydrogen) atoms. The minimum absolute atomic E-state index is 0.0711. The standard InChI is InChI=1S/C24H24O5.C23H22O6.2C23H22O5.C21H19NO4/c1-14-4-10-19-23(15(14)2)29-13-20(16-5-11-21(25)22(26)12-16)24(19,27)17-6-8-18(28-3)9-7-17;1-13-19(24)10-8-17-22(13)29-12-18(14-3-9-20(25)21(26)11-14)23(17,27)15-4-6-16(28-2)7-5-15;1-14-21(25)12-11-19-22(14)28-13-20(15-3-7-17(24)8-4-15)23(19,26)16-5-9-18(27-2)10-6-16;1-14-21(25)11-10-19-22(14)28-13-20(15-4-3-5-17(24)12-15)23(19,26)16-6-8-18(27-2)9-7-16;22-15-3-1-2-14(10-15)21(25)18-9-8-17(24)11-20(18)26-12-19(21)13-4-6-16(23)7-5-13/h4-12,20,25-27H,13H2,1-3H3;3-11,18,24-27H,12H2,1-2H3;2*3-12,20,24-26H,13H2,1-2H3;1-11,19,23-25H,12,22H2. The number of nitrogens with two attached hydrogens (primary N) is 1. The predicted octanol–water partition coefficient (Wildman–Crippen LogP) is 18.4. The van der Waals surface area contributed by atoms with E-state index in [1.165, 1.54) is 42.5 Å². The number of methoxy groups -OCH3 is 4. The van der Waals surface area contributed by atoms with Gasteiger partial charge in [0.2, 0.25) is 0 Å². The third kappa shape index (κ3) is 18.1. The number of phenols is 11. The fourth-order valence-electron chi connectivity index (χ4n) is 19.4. The van der Waals surface area contributed by atoms with Crippen LogP contribution in [0, 0.1) is 34.6 Å². The molecule has 0 saturated heterocycles. The van der Waals surface area contributed by atoms with Gasteiger partial charge in [0.05, 0.1) is 91.1 Å². The molecule has 15 aromatic carbocycles. The lowest BCUT2D eigenvalue weighted by atomic mass is 9.71. The van der Waals surface area contributed by atoms with E-state index in [4.69, 9.17) is 48.4 Å². The predicted molar refractivity (Wildman–Crippen MR) is 525 cm³/mol. The second kappa shape index (κ2) is 39.5. The monoisotopic (exact) mass is 1890 g/mol. The van der Waals surface area contributed by atoms with Crippen LogP contribution in [0.5, 0.6) is 115 Å². The Morgan fingerprint density at radius 1 is 0.243 bits per heavy atom. The van der Waals surface area contributed by atoms with E-state index in [0.717, 1.165) is 27.8 Å². The zero-order chi connectivity index (χ0) is 99.6. The molecule has 26 heteroatoms. The third-order valence-electron chi connectivity index (χ3n) is 27.4. The van der Waals surface area contributed by atoms with Crippen molar-refractivity contribution in [2.45, 2.75) is 92.2 Å². The number of aliphatic hydroxyl groups is 5. The van der Waals surface area contributed by atoms with Crippen LogP contribution < -0.4 is 48.4 Å². The van der Waals surface area contributed by atoms with Crippen molar-refractivity contribution in [1.82, 2.24) is 0 Å². The van der Waals surface area contributed by atoms with Gasteiger partial charge in [0, 0.05) is 56.3 Å². The van der Waals surface area contributed by atoms with Crippen molar-refractivity contribution in [3.8, 4) is 115 Å². The molecule has 0 aromatic heterocycles. The Morgan fingerprint density at radius 2 is 0.529 bits per heavy atom. The highest BCUT2D eigenvalue weighted by atomic mass is 16.5. The van der Waals surface area contributed by atoms with E-state index in [1.807, 2.05) is 98.8 Å². The maximum Gasteiger partial charge on any atom is 0.157 e. The summed E-state index contributed by atoms with van der Waals surface area (Å²) in [6.45, 7) is 10.2. The molecule has 5 heterocycles. The number of benzene rings is 15. The van der Waals surface area contributed by atoms with Crippen molar-refractivity contribution < 1.29 is 124 Å². The molecule has 15 aromatic rings. The number of hydrogen-bond acceptors (Lipinski definition) is 26. The number of fused-ring (bicyclic) bond motifs is 5. The topological polar surface area (TPSA) is 433 Å². The molecule has 0 aliphatic carbocycles. The second-order valence-electron chi connectivity index (χ2n) is 35.3. The highest BCUT2D eigenvalue weighted by molar-refractivity contribution is 5.65. The molecule has 0 saturated carbocycles. The molecule has 10 atom stereocenters. The first-order valence-corrected chi connectivity index (χ1v) is 45.1. The normalized spacial score (nSPS) is 20.9. The number of hydrogen-bond donors (Lipinski definition) is 17. The van der Waals surface area contributed by atoms with Crippen LogP contribution in [0.4, 0.5) is 5.69 Å². The zero-order valence-electron chi connectivity index (χ0n) is 78.1. The highest BCUT2D eigenvalue weighted by Crippen LogP contribution is 2.59. The van der Waals surface area contributed by atoms with Crippen LogP contribution >= 0.6 is 0 Å². The number of ether oxygens (including phenoxy) is 9. The minimum Gasteiger partial charge on any atom is -0.508 e. The lowest BCUT2D eigenvalue weighted by Gasteiger charge is -2.42. The van der Waals surface area contributed by atoms with Crippen LogP contribution in [0.1, 0.15) is 141 Å². The molecule has 0 spiro atoms. The minimum atomic E-state index is -1.50. The summed E-state index contributed by atoms with van der Waals surface area (Å²) < 4.78 is 50.9. The van der Waals surface area contributed by atoms with Crippen molar-refractivity contribution in [3.63, 3.8) is 0 Å². The van der Waals surface area contributed by atoms with Crippen LogP contribution in [-0.2, 0) is 28.0 Å². The highest BCUT2D eigenvalue weighted by Gasteiger charge is 2.53. The number of nitrogen functional groups attached to an aromatic ring is 1. The summed E-state index contributed by atoms with van der Waals surface area (Å²) in [5.41, 5.74) is 13.2. The fourth-order valence-corrected chi connectivity index (χ4v) is 19.4. The lowest BCUT2D eigenvalue weighted by molar-refractivity contribution is 0.00976. The smallest absolute Gasteiger partial charge is 0.157 e. The van der Waals surface area contributed by atoms with Crippen LogP contribution in [0.2, 0.25) is 0 Å². The van der Waals surface area contributed by atoms with Gasteiger partial charge in [-0.2, -0.15) is 0 Å². The van der Waals surface area contributed by atoms with Gasteiger partial charge in [0.1, 0.15) is 120 Å². The Kier molecular flexibility index (Phi) is 27.4. The summed E-state index contributed by atoms with van der Waals surface area (Å²) in [7, 11) is 6.36. The van der Waals surface area contributed by atoms with Gasteiger partial charge in [-0.1, -0.05) is 121 Å². The van der Waals surface area contributed by atoms with Gasteiger partial charge in [-0.3, -0.25) is 0 Å². The van der Waals surface area contributed by atoms with Crippen LogP contribution in [0.15, 0.2) is 297 Å². The molecule has 0 radical (unpaired) electrons. The van der Waals surface area contributed by atoms with E-state index >= 15 is 0 Å². The molecular formula is C114H109NO25. The SMILES string of the molecule is COc1ccc(C2(O)c3ccc(C)c(C)c3OCC2c2ccc(O)c(O)c2)cc1.COc1ccc(C2(O)c3ccc(O)c(C)c3OCC2c2ccc(O)c(O)c2)cc1.COc1ccc(C2(O)c3ccc(O)c(C)c3OCC2c2ccc(O)cc2)cc1.COc1ccc(C2(O)c3ccc(O)c(C)c3OCC2c2cccc(O)c2)cc1.Nc1cccc(C2(O)c3ccc(O)cc3OCC2c2ccc(O)cc2)c1. The van der Waals surface area contributed by atoms with Gasteiger partial charge in [-0.05, 0) is 271 Å². The van der Waals surface area contributed by atoms with Gasteiger partial charge in [0.25, 0.3) is 0 Å². The Labute approximate surface area is 808 Å². The third-order valence-corrected chi connectivity index (χ3v) is 27.4. The van der Waals surface area contributed by atoms with Crippen molar-refractivity contribution in [2.24, 2.45) is 0 Å². The Hall–Kier alpha value is -16.1. The lowest BCUT2D eigenvalue weighted by Crippen LogP contribution is -2.42. The van der Waals surface area contributed by atoms with E-state index in [2.05, 4.69) is 0 Å². The van der Waals surface area contributed by atoms with Gasteiger partial charge in [0.15, 0.2) is 23.0 Å². The number of anilines is 1. The van der Waals surface area contributed by atoms with E-state index in [0.29, 0.717) is 141 Å². The first-order chi connectivity index (χ1) is 67.1. The van der Waals surface area contributed by atoms with Gasteiger partial charge in [-0.15, -0.1) is 0 Å². The second-order valence-corrected chi connectivity index (χ2v) is 35.3. The summed E-state index contributed by atoms with van der Waals surface area (Å²) >= 11 is 0. The largest absolute Gasteiger partial charge is 0.508 e. The van der Waals surface area contributed by atoms with E-state index < -0.39 is 57.6 Å². The molecule has 720 valence electrons. The van der Waals surface area contributed by atoms with Crippen molar-refractivity contribution in [2.75, 3.05) is 67.2 Å².